The van der Waals surface area contributed by atoms with Gasteiger partial charge in [-0.15, -0.1) is 0 Å². The van der Waals surface area contributed by atoms with Gasteiger partial charge in [0.2, 0.25) is 0 Å². The van der Waals surface area contributed by atoms with Gasteiger partial charge >= 0.3 is 0 Å². The van der Waals surface area contributed by atoms with Crippen molar-refractivity contribution in [3.63, 3.8) is 0 Å². The van der Waals surface area contributed by atoms with Crippen LogP contribution in [-0.2, 0) is 0 Å². The van der Waals surface area contributed by atoms with E-state index in [1.807, 2.05) is 0 Å². The molecule has 0 aliphatic rings. The van der Waals surface area contributed by atoms with Crippen molar-refractivity contribution in [3.05, 3.63) is 52.6 Å². The van der Waals surface area contributed by atoms with Gasteiger partial charge in [0.05, 0.1) is 12.7 Å². The van der Waals surface area contributed by atoms with Crippen LogP contribution < -0.4 is 4.74 Å². The molecule has 0 heterocycles. The highest BCUT2D eigenvalue weighted by Gasteiger charge is 2.16. The molecule has 5 heteroatoms. The molecule has 0 saturated heterocycles. The molecular weight excluding hydrogens is 274 g/mol. The Labute approximate surface area is 113 Å². The molecule has 2 aromatic carbocycles. The van der Waals surface area contributed by atoms with Gasteiger partial charge in [0.25, 0.3) is 0 Å². The lowest BCUT2D eigenvalue weighted by atomic mass is 10.0. The van der Waals surface area contributed by atoms with Gasteiger partial charge in [0.1, 0.15) is 23.7 Å². The lowest BCUT2D eigenvalue weighted by molar-refractivity contribution is 0.112. The van der Waals surface area contributed by atoms with Gasteiger partial charge in [-0.2, -0.15) is 0 Å². The zero-order chi connectivity index (χ0) is 14.0. The lowest BCUT2D eigenvalue weighted by Crippen LogP contribution is -1.94. The zero-order valence-electron chi connectivity index (χ0n) is 9.91. The smallest absolute Gasteiger partial charge is 0.150 e. The summed E-state index contributed by atoms with van der Waals surface area (Å²) in [7, 11) is 1.32. The first-order valence-electron chi connectivity index (χ1n) is 5.35. The molecule has 2 aromatic rings. The Morgan fingerprint density at radius 3 is 2.26 bits per heavy atom. The third-order valence-electron chi connectivity index (χ3n) is 2.65. The summed E-state index contributed by atoms with van der Waals surface area (Å²) >= 11 is 5.94. The molecular formula is C14H9ClF2O2. The molecule has 0 spiro atoms. The van der Waals surface area contributed by atoms with Crippen molar-refractivity contribution in [2.45, 2.75) is 0 Å². The minimum absolute atomic E-state index is 0.0828. The highest BCUT2D eigenvalue weighted by atomic mass is 35.5. The molecule has 0 atom stereocenters. The Kier molecular flexibility index (Phi) is 3.81. The Balaban J connectivity index is 2.62. The minimum Gasteiger partial charge on any atom is -0.497 e. The quantitative estimate of drug-likeness (QED) is 0.792. The Hall–Kier alpha value is -1.94. The molecule has 0 N–H and O–H groups in total. The van der Waals surface area contributed by atoms with Crippen LogP contribution in [0.5, 0.6) is 5.75 Å². The number of methoxy groups -OCH3 is 1. The SMILES string of the molecule is COc1cc(F)c(-c2ccc(C=O)cc2Cl)c(F)c1. The summed E-state index contributed by atoms with van der Waals surface area (Å²) in [6.45, 7) is 0. The van der Waals surface area contributed by atoms with Crippen molar-refractivity contribution in [1.29, 1.82) is 0 Å². The maximum absolute atomic E-state index is 13.9. The van der Waals surface area contributed by atoms with Crippen LogP contribution in [0.4, 0.5) is 8.78 Å². The van der Waals surface area contributed by atoms with E-state index in [2.05, 4.69) is 0 Å². The topological polar surface area (TPSA) is 26.3 Å². The Morgan fingerprint density at radius 2 is 1.79 bits per heavy atom. The van der Waals surface area contributed by atoms with Crippen LogP contribution in [0, 0.1) is 11.6 Å². The maximum atomic E-state index is 13.9. The van der Waals surface area contributed by atoms with Gasteiger partial charge < -0.3 is 4.74 Å². The van der Waals surface area contributed by atoms with Crippen LogP contribution in [0.1, 0.15) is 10.4 Å². The van der Waals surface area contributed by atoms with E-state index in [1.54, 1.807) is 0 Å². The molecule has 19 heavy (non-hydrogen) atoms. The van der Waals surface area contributed by atoms with E-state index in [9.17, 15) is 13.6 Å². The van der Waals surface area contributed by atoms with E-state index >= 15 is 0 Å². The van der Waals surface area contributed by atoms with Crippen LogP contribution in [0.15, 0.2) is 30.3 Å². The fourth-order valence-corrected chi connectivity index (χ4v) is 2.02. The molecule has 0 radical (unpaired) electrons. The van der Waals surface area contributed by atoms with Crippen LogP contribution >= 0.6 is 11.6 Å². The number of ether oxygens (including phenoxy) is 1. The molecule has 2 rings (SSSR count). The molecule has 0 amide bonds. The summed E-state index contributed by atoms with van der Waals surface area (Å²) in [6.07, 6.45) is 0.608. The third kappa shape index (κ3) is 2.58. The molecule has 0 saturated carbocycles. The standard InChI is InChI=1S/C14H9ClF2O2/c1-19-9-5-12(16)14(13(17)6-9)10-3-2-8(7-18)4-11(10)15/h2-7H,1H3. The highest BCUT2D eigenvalue weighted by molar-refractivity contribution is 6.33. The van der Waals surface area contributed by atoms with Gasteiger partial charge in [-0.05, 0) is 6.07 Å². The number of carbonyl (C=O) groups excluding carboxylic acids is 1. The van der Waals surface area contributed by atoms with E-state index < -0.39 is 11.6 Å². The Morgan fingerprint density at radius 1 is 1.16 bits per heavy atom. The number of rotatable bonds is 3. The molecule has 0 unspecified atom stereocenters. The first-order valence-corrected chi connectivity index (χ1v) is 5.72. The fourth-order valence-electron chi connectivity index (χ4n) is 1.73. The van der Waals surface area contributed by atoms with E-state index in [0.29, 0.717) is 11.8 Å². The van der Waals surface area contributed by atoms with Crippen molar-refractivity contribution < 1.29 is 18.3 Å². The van der Waals surface area contributed by atoms with Crippen LogP contribution in [0.25, 0.3) is 11.1 Å². The lowest BCUT2D eigenvalue weighted by Gasteiger charge is -2.09. The molecule has 0 fully saturated rings. The van der Waals surface area contributed by atoms with Crippen molar-refractivity contribution in [2.24, 2.45) is 0 Å². The summed E-state index contributed by atoms with van der Waals surface area (Å²) in [4.78, 5) is 10.6. The summed E-state index contributed by atoms with van der Waals surface area (Å²) < 4.78 is 32.6. The van der Waals surface area contributed by atoms with E-state index in [1.165, 1.54) is 25.3 Å². The summed E-state index contributed by atoms with van der Waals surface area (Å²) in [5, 5.41) is 0.104. The number of halogens is 3. The minimum atomic E-state index is -0.780. The number of hydrogen-bond acceptors (Lipinski definition) is 2. The number of aldehydes is 1. The first kappa shape index (κ1) is 13.5. The van der Waals surface area contributed by atoms with Crippen LogP contribution in [0.2, 0.25) is 5.02 Å². The molecule has 0 aliphatic heterocycles. The highest BCUT2D eigenvalue weighted by Crippen LogP contribution is 2.34. The molecule has 2 nitrogen and oxygen atoms in total. The van der Waals surface area contributed by atoms with Gasteiger partial charge in [0, 0.05) is 28.3 Å². The van der Waals surface area contributed by atoms with Gasteiger partial charge in [-0.25, -0.2) is 8.78 Å². The predicted molar refractivity (Wildman–Crippen MR) is 68.7 cm³/mol. The second-order valence-electron chi connectivity index (χ2n) is 3.82. The molecule has 0 bridgehead atoms. The second kappa shape index (κ2) is 5.36. The molecule has 0 aromatic heterocycles. The first-order chi connectivity index (χ1) is 9.06. The summed E-state index contributed by atoms with van der Waals surface area (Å²) in [5.74, 6) is -1.48. The van der Waals surface area contributed by atoms with E-state index in [4.69, 9.17) is 16.3 Å². The van der Waals surface area contributed by atoms with Crippen molar-refractivity contribution in [2.75, 3.05) is 7.11 Å². The second-order valence-corrected chi connectivity index (χ2v) is 4.23. The normalized spacial score (nSPS) is 10.3. The fraction of sp³-hybridized carbons (Fsp3) is 0.0714. The van der Waals surface area contributed by atoms with Crippen molar-refractivity contribution in [3.8, 4) is 16.9 Å². The van der Waals surface area contributed by atoms with Crippen LogP contribution in [-0.4, -0.2) is 13.4 Å². The Bertz CT molecular complexity index is 618. The average Bonchev–Trinajstić information content (AvgIpc) is 2.39. The number of carbonyl (C=O) groups is 1. The maximum Gasteiger partial charge on any atom is 0.150 e. The van der Waals surface area contributed by atoms with E-state index in [0.717, 1.165) is 12.1 Å². The van der Waals surface area contributed by atoms with Gasteiger partial charge in [-0.3, -0.25) is 4.79 Å². The number of benzene rings is 2. The zero-order valence-corrected chi connectivity index (χ0v) is 10.7. The van der Waals surface area contributed by atoms with Crippen molar-refractivity contribution >= 4 is 17.9 Å². The largest absolute Gasteiger partial charge is 0.497 e. The predicted octanol–water partition coefficient (Wildman–Crippen LogP) is 4.11. The van der Waals surface area contributed by atoms with Crippen molar-refractivity contribution in [1.82, 2.24) is 0 Å². The van der Waals surface area contributed by atoms with Gasteiger partial charge in [-0.1, -0.05) is 23.7 Å². The molecule has 98 valence electrons. The van der Waals surface area contributed by atoms with Gasteiger partial charge in [0.15, 0.2) is 0 Å². The number of hydrogen-bond donors (Lipinski definition) is 0. The third-order valence-corrected chi connectivity index (χ3v) is 2.96. The van der Waals surface area contributed by atoms with Crippen LogP contribution in [0.3, 0.4) is 0 Å². The molecule has 0 aliphatic carbocycles. The average molecular weight is 283 g/mol. The van der Waals surface area contributed by atoms with E-state index in [-0.39, 0.29) is 21.9 Å². The summed E-state index contributed by atoms with van der Waals surface area (Å²) in [6, 6.07) is 6.34. The monoisotopic (exact) mass is 282 g/mol. The summed E-state index contributed by atoms with van der Waals surface area (Å²) in [5.41, 5.74) is 0.274.